The molecule has 1 heterocycles. The molecule has 0 aliphatic heterocycles. The molecule has 5 nitrogen and oxygen atoms in total. The van der Waals surface area contributed by atoms with Gasteiger partial charge in [0.15, 0.2) is 11.6 Å². The number of carbonyl (C=O) groups is 1. The third-order valence-corrected chi connectivity index (χ3v) is 4.67. The summed E-state index contributed by atoms with van der Waals surface area (Å²) in [5.41, 5.74) is 1.88. The summed E-state index contributed by atoms with van der Waals surface area (Å²) in [6.07, 6.45) is 1.86. The number of amides is 1. The van der Waals surface area contributed by atoms with E-state index in [1.807, 2.05) is 13.1 Å². The largest absolute Gasteiger partial charge is 0.486 e. The highest BCUT2D eigenvalue weighted by Crippen LogP contribution is 2.19. The number of aromatic nitrogens is 2. The van der Waals surface area contributed by atoms with E-state index in [4.69, 9.17) is 4.74 Å². The molecule has 0 bridgehead atoms. The van der Waals surface area contributed by atoms with Gasteiger partial charge in [-0.15, -0.1) is 0 Å². The van der Waals surface area contributed by atoms with Gasteiger partial charge in [0.05, 0.1) is 16.7 Å². The van der Waals surface area contributed by atoms with E-state index in [1.165, 1.54) is 6.07 Å². The Balaban J connectivity index is 1.61. The molecule has 1 N–H and O–H groups in total. The number of nitrogens with one attached hydrogen (secondary N) is 1. The number of rotatable bonds is 7. The van der Waals surface area contributed by atoms with Crippen molar-refractivity contribution in [3.05, 3.63) is 81.6 Å². The standard InChI is InChI=1S/C20H18BrF2N3O2/c1-2-26-11-16(21)18(25-26)10-24-20(27)14-5-3-4-13(8-14)12-28-19-7-6-15(22)9-17(19)23/h3-9,11H,2,10,12H2,1H3,(H,24,27). The van der Waals surface area contributed by atoms with Crippen LogP contribution in [0.4, 0.5) is 8.78 Å². The van der Waals surface area contributed by atoms with E-state index >= 15 is 0 Å². The second kappa shape index (κ2) is 8.97. The summed E-state index contributed by atoms with van der Waals surface area (Å²) >= 11 is 3.42. The zero-order chi connectivity index (χ0) is 20.1. The molecule has 3 aromatic rings. The highest BCUT2D eigenvalue weighted by atomic mass is 79.9. The molecule has 28 heavy (non-hydrogen) atoms. The predicted octanol–water partition coefficient (Wildman–Crippen LogP) is 4.45. The average molecular weight is 450 g/mol. The molecule has 3 rings (SSSR count). The molecule has 1 aromatic heterocycles. The molecular weight excluding hydrogens is 432 g/mol. The lowest BCUT2D eigenvalue weighted by Crippen LogP contribution is -2.23. The number of halogens is 3. The van der Waals surface area contributed by atoms with Gasteiger partial charge in [0.2, 0.25) is 0 Å². The number of nitrogens with zero attached hydrogens (tertiary/aromatic N) is 2. The maximum absolute atomic E-state index is 13.6. The topological polar surface area (TPSA) is 56.2 Å². The van der Waals surface area contributed by atoms with Crippen molar-refractivity contribution < 1.29 is 18.3 Å². The first-order valence-corrected chi connectivity index (χ1v) is 9.42. The van der Waals surface area contributed by atoms with Crippen LogP contribution in [0.25, 0.3) is 0 Å². The van der Waals surface area contributed by atoms with Crippen LogP contribution in [0.2, 0.25) is 0 Å². The minimum atomic E-state index is -0.772. The lowest BCUT2D eigenvalue weighted by Gasteiger charge is -2.09. The van der Waals surface area contributed by atoms with Gasteiger partial charge in [0.1, 0.15) is 12.4 Å². The third-order valence-electron chi connectivity index (χ3n) is 4.01. The van der Waals surface area contributed by atoms with E-state index < -0.39 is 11.6 Å². The molecule has 0 aliphatic rings. The van der Waals surface area contributed by atoms with Crippen LogP contribution in [-0.2, 0) is 19.7 Å². The predicted molar refractivity (Wildman–Crippen MR) is 104 cm³/mol. The van der Waals surface area contributed by atoms with Crippen molar-refractivity contribution in [2.45, 2.75) is 26.6 Å². The third kappa shape index (κ3) is 4.95. The summed E-state index contributed by atoms with van der Waals surface area (Å²) in [4.78, 5) is 12.4. The first kappa shape index (κ1) is 20.0. The Morgan fingerprint density at radius 3 is 2.79 bits per heavy atom. The van der Waals surface area contributed by atoms with Gasteiger partial charge >= 0.3 is 0 Å². The van der Waals surface area contributed by atoms with Crippen LogP contribution >= 0.6 is 15.9 Å². The summed E-state index contributed by atoms with van der Waals surface area (Å²) in [7, 11) is 0. The molecule has 0 radical (unpaired) electrons. The number of ether oxygens (including phenoxy) is 1. The van der Waals surface area contributed by atoms with Crippen molar-refractivity contribution in [2.24, 2.45) is 0 Å². The van der Waals surface area contributed by atoms with Gasteiger partial charge in [-0.3, -0.25) is 9.48 Å². The van der Waals surface area contributed by atoms with E-state index in [0.29, 0.717) is 11.1 Å². The lowest BCUT2D eigenvalue weighted by atomic mass is 10.1. The number of aryl methyl sites for hydroxylation is 1. The average Bonchev–Trinajstić information content (AvgIpc) is 3.05. The van der Waals surface area contributed by atoms with E-state index in [0.717, 1.165) is 28.8 Å². The van der Waals surface area contributed by atoms with Gasteiger partial charge in [0.25, 0.3) is 5.91 Å². The molecule has 0 unspecified atom stereocenters. The SMILES string of the molecule is CCn1cc(Br)c(CNC(=O)c2cccc(COc3ccc(F)cc3F)c2)n1. The summed E-state index contributed by atoms with van der Waals surface area (Å²) in [6.45, 7) is 3.06. The molecule has 1 amide bonds. The minimum Gasteiger partial charge on any atom is -0.486 e. The zero-order valence-corrected chi connectivity index (χ0v) is 16.7. The Kier molecular flexibility index (Phi) is 6.41. The van der Waals surface area contributed by atoms with Crippen LogP contribution in [0.1, 0.15) is 28.5 Å². The van der Waals surface area contributed by atoms with E-state index in [2.05, 4.69) is 26.3 Å². The van der Waals surface area contributed by atoms with E-state index in [9.17, 15) is 13.6 Å². The molecule has 0 saturated heterocycles. The number of hydrogen-bond acceptors (Lipinski definition) is 3. The van der Waals surface area contributed by atoms with Crippen LogP contribution in [0.15, 0.2) is 53.1 Å². The Labute approximate surface area is 169 Å². The second-order valence-corrected chi connectivity index (χ2v) is 6.88. The zero-order valence-electron chi connectivity index (χ0n) is 15.1. The van der Waals surface area contributed by atoms with Gasteiger partial charge in [-0.05, 0) is 52.7 Å². The fraction of sp³-hybridized carbons (Fsp3) is 0.200. The normalized spacial score (nSPS) is 10.7. The van der Waals surface area contributed by atoms with Crippen molar-refractivity contribution in [1.29, 1.82) is 0 Å². The molecular formula is C20H18BrF2N3O2. The van der Waals surface area contributed by atoms with Gasteiger partial charge in [-0.25, -0.2) is 8.78 Å². The molecule has 0 fully saturated rings. The Morgan fingerprint density at radius 1 is 1.25 bits per heavy atom. The van der Waals surface area contributed by atoms with Crippen LogP contribution in [0.5, 0.6) is 5.75 Å². The molecule has 0 atom stereocenters. The van der Waals surface area contributed by atoms with Crippen molar-refractivity contribution in [2.75, 3.05) is 0 Å². The van der Waals surface area contributed by atoms with E-state index in [1.54, 1.807) is 28.9 Å². The monoisotopic (exact) mass is 449 g/mol. The van der Waals surface area contributed by atoms with Gasteiger partial charge < -0.3 is 10.1 Å². The fourth-order valence-electron chi connectivity index (χ4n) is 2.54. The fourth-order valence-corrected chi connectivity index (χ4v) is 3.00. The molecule has 0 saturated carbocycles. The molecule has 2 aromatic carbocycles. The number of hydrogen-bond donors (Lipinski definition) is 1. The first-order chi connectivity index (χ1) is 13.5. The maximum Gasteiger partial charge on any atom is 0.251 e. The number of benzene rings is 2. The van der Waals surface area contributed by atoms with Gasteiger partial charge in [-0.2, -0.15) is 5.10 Å². The summed E-state index contributed by atoms with van der Waals surface area (Å²) in [6, 6.07) is 9.94. The lowest BCUT2D eigenvalue weighted by molar-refractivity contribution is 0.0950. The van der Waals surface area contributed by atoms with Crippen molar-refractivity contribution >= 4 is 21.8 Å². The highest BCUT2D eigenvalue weighted by Gasteiger charge is 2.11. The van der Waals surface area contributed by atoms with Crippen LogP contribution in [0.3, 0.4) is 0 Å². The molecule has 0 spiro atoms. The van der Waals surface area contributed by atoms with Crippen molar-refractivity contribution in [3.63, 3.8) is 0 Å². The smallest absolute Gasteiger partial charge is 0.251 e. The van der Waals surface area contributed by atoms with Gasteiger partial charge in [-0.1, -0.05) is 12.1 Å². The Hall–Kier alpha value is -2.74. The summed E-state index contributed by atoms with van der Waals surface area (Å²) < 4.78 is 34.6. The second-order valence-electron chi connectivity index (χ2n) is 6.03. The summed E-state index contributed by atoms with van der Waals surface area (Å²) in [5.74, 6) is -1.75. The van der Waals surface area contributed by atoms with Crippen molar-refractivity contribution in [3.8, 4) is 5.75 Å². The van der Waals surface area contributed by atoms with Crippen molar-refractivity contribution in [1.82, 2.24) is 15.1 Å². The Morgan fingerprint density at radius 2 is 2.07 bits per heavy atom. The minimum absolute atomic E-state index is 0.0485. The molecule has 8 heteroatoms. The molecule has 146 valence electrons. The summed E-state index contributed by atoms with van der Waals surface area (Å²) in [5, 5.41) is 7.18. The maximum atomic E-state index is 13.6. The molecule has 0 aliphatic carbocycles. The van der Waals surface area contributed by atoms with Gasteiger partial charge in [0, 0.05) is 24.4 Å². The number of carbonyl (C=O) groups excluding carboxylic acids is 1. The van der Waals surface area contributed by atoms with Crippen LogP contribution in [0, 0.1) is 11.6 Å². The Bertz CT molecular complexity index is 991. The van der Waals surface area contributed by atoms with Crippen LogP contribution < -0.4 is 10.1 Å². The quantitative estimate of drug-likeness (QED) is 0.579. The first-order valence-electron chi connectivity index (χ1n) is 8.63. The van der Waals surface area contributed by atoms with E-state index in [-0.39, 0.29) is 24.8 Å². The highest BCUT2D eigenvalue weighted by molar-refractivity contribution is 9.10. The van der Waals surface area contributed by atoms with Crippen LogP contribution in [-0.4, -0.2) is 15.7 Å².